The van der Waals surface area contributed by atoms with E-state index in [9.17, 15) is 8.42 Å². The zero-order chi connectivity index (χ0) is 14.9. The molecule has 2 rings (SSSR count). The number of halogens is 1. The second-order valence-electron chi connectivity index (χ2n) is 4.68. The maximum Gasteiger partial charge on any atom is 0.171 e. The molecule has 0 amide bonds. The molecule has 8 heteroatoms. The van der Waals surface area contributed by atoms with Crippen LogP contribution in [-0.4, -0.2) is 47.6 Å². The Morgan fingerprint density at radius 2 is 2.00 bits per heavy atom. The average Bonchev–Trinajstić information content (AvgIpc) is 2.43. The monoisotopic (exact) mass is 335 g/mol. The van der Waals surface area contributed by atoms with Crippen LogP contribution in [0.2, 0.25) is 5.15 Å². The predicted octanol–water partition coefficient (Wildman–Crippen LogP) is 2.06. The molecule has 0 radical (unpaired) electrons. The van der Waals surface area contributed by atoms with E-state index in [1.54, 1.807) is 23.6 Å². The van der Waals surface area contributed by atoms with E-state index in [1.165, 1.54) is 0 Å². The van der Waals surface area contributed by atoms with E-state index in [4.69, 9.17) is 11.6 Å². The van der Waals surface area contributed by atoms with E-state index in [-0.39, 0.29) is 10.9 Å². The topological polar surface area (TPSA) is 63.2 Å². The number of aryl methyl sites for hydroxylation is 2. The molecule has 1 atom stereocenters. The Bertz CT molecular complexity index is 607. The third kappa shape index (κ3) is 3.04. The van der Waals surface area contributed by atoms with Gasteiger partial charge in [-0.1, -0.05) is 18.5 Å². The van der Waals surface area contributed by atoms with Gasteiger partial charge < -0.3 is 4.90 Å². The first-order valence-corrected chi connectivity index (χ1v) is 9.68. The van der Waals surface area contributed by atoms with Crippen LogP contribution >= 0.6 is 23.4 Å². The van der Waals surface area contributed by atoms with Crippen molar-refractivity contribution in [2.75, 3.05) is 28.7 Å². The molecule has 0 aromatic carbocycles. The molecule has 0 spiro atoms. The minimum absolute atomic E-state index is 0.116. The fourth-order valence-corrected chi connectivity index (χ4v) is 5.31. The zero-order valence-corrected chi connectivity index (χ0v) is 14.1. The Labute approximate surface area is 129 Å². The van der Waals surface area contributed by atoms with Crippen molar-refractivity contribution in [1.82, 2.24) is 9.97 Å². The van der Waals surface area contributed by atoms with Crippen molar-refractivity contribution in [2.45, 2.75) is 26.1 Å². The molecule has 2 heterocycles. The van der Waals surface area contributed by atoms with Crippen molar-refractivity contribution in [1.29, 1.82) is 0 Å². The lowest BCUT2D eigenvalue weighted by molar-refractivity contribution is 0.578. The first-order chi connectivity index (χ1) is 9.36. The van der Waals surface area contributed by atoms with E-state index in [1.807, 2.05) is 13.8 Å². The van der Waals surface area contributed by atoms with Gasteiger partial charge in [-0.25, -0.2) is 18.4 Å². The van der Waals surface area contributed by atoms with Gasteiger partial charge in [-0.05, 0) is 13.8 Å². The summed E-state index contributed by atoms with van der Waals surface area (Å²) in [5.74, 6) is 2.00. The SMILES string of the molecule is CCS(=O)(=O)C1CSCCN1c1nc(C)c(C)nc1Cl. The zero-order valence-electron chi connectivity index (χ0n) is 11.8. The summed E-state index contributed by atoms with van der Waals surface area (Å²) in [4.78, 5) is 10.5. The molecule has 0 bridgehead atoms. The molecule has 1 aliphatic heterocycles. The Kier molecular flexibility index (Phi) is 4.81. The molecule has 0 N–H and O–H groups in total. The van der Waals surface area contributed by atoms with Gasteiger partial charge in [0, 0.05) is 23.8 Å². The van der Waals surface area contributed by atoms with E-state index < -0.39 is 15.2 Å². The number of sulfone groups is 1. The summed E-state index contributed by atoms with van der Waals surface area (Å²) >= 11 is 7.82. The Morgan fingerprint density at radius 3 is 2.65 bits per heavy atom. The van der Waals surface area contributed by atoms with Crippen LogP contribution < -0.4 is 4.90 Å². The van der Waals surface area contributed by atoms with Gasteiger partial charge in [0.15, 0.2) is 20.8 Å². The molecule has 1 aromatic rings. The molecule has 5 nitrogen and oxygen atoms in total. The number of hydrogen-bond acceptors (Lipinski definition) is 6. The van der Waals surface area contributed by atoms with E-state index in [0.29, 0.717) is 18.1 Å². The quantitative estimate of drug-likeness (QED) is 0.842. The van der Waals surface area contributed by atoms with Gasteiger partial charge in [-0.15, -0.1) is 0 Å². The highest BCUT2D eigenvalue weighted by Gasteiger charge is 2.35. The highest BCUT2D eigenvalue weighted by atomic mass is 35.5. The van der Waals surface area contributed by atoms with Crippen molar-refractivity contribution in [3.8, 4) is 0 Å². The van der Waals surface area contributed by atoms with Crippen LogP contribution in [0, 0.1) is 13.8 Å². The van der Waals surface area contributed by atoms with Crippen molar-refractivity contribution >= 4 is 39.0 Å². The predicted molar refractivity (Wildman–Crippen MR) is 84.4 cm³/mol. The summed E-state index contributed by atoms with van der Waals surface area (Å²) in [6.07, 6.45) is 0. The van der Waals surface area contributed by atoms with Gasteiger partial charge in [-0.2, -0.15) is 11.8 Å². The summed E-state index contributed by atoms with van der Waals surface area (Å²) in [7, 11) is -3.18. The fraction of sp³-hybridized carbons (Fsp3) is 0.667. The molecule has 1 aliphatic rings. The minimum Gasteiger partial charge on any atom is -0.336 e. The van der Waals surface area contributed by atoms with Crippen LogP contribution in [0.25, 0.3) is 0 Å². The summed E-state index contributed by atoms with van der Waals surface area (Å²) in [6, 6.07) is 0. The molecule has 20 heavy (non-hydrogen) atoms. The standard InChI is InChI=1S/C12H18ClN3O2S2/c1-4-20(17,18)10-7-19-6-5-16(10)12-11(13)14-8(2)9(3)15-12/h10H,4-7H2,1-3H3. The Hall–Kier alpha value is -0.530. The van der Waals surface area contributed by atoms with Crippen LogP contribution in [0.1, 0.15) is 18.3 Å². The van der Waals surface area contributed by atoms with Crippen LogP contribution in [0.4, 0.5) is 5.82 Å². The van der Waals surface area contributed by atoms with Gasteiger partial charge >= 0.3 is 0 Å². The normalized spacial score (nSPS) is 20.2. The van der Waals surface area contributed by atoms with Gasteiger partial charge in [0.2, 0.25) is 0 Å². The highest BCUT2D eigenvalue weighted by molar-refractivity contribution is 8.01. The lowest BCUT2D eigenvalue weighted by atomic mass is 10.3. The summed E-state index contributed by atoms with van der Waals surface area (Å²) in [6.45, 7) is 5.97. The second kappa shape index (κ2) is 6.07. The smallest absolute Gasteiger partial charge is 0.171 e. The molecular formula is C12H18ClN3O2S2. The van der Waals surface area contributed by atoms with E-state index >= 15 is 0 Å². The lowest BCUT2D eigenvalue weighted by Gasteiger charge is -2.35. The Balaban J connectivity index is 2.46. The maximum atomic E-state index is 12.3. The third-order valence-electron chi connectivity index (χ3n) is 3.42. The number of nitrogens with zero attached hydrogens (tertiary/aromatic N) is 3. The first kappa shape index (κ1) is 15.9. The molecular weight excluding hydrogens is 318 g/mol. The summed E-state index contributed by atoms with van der Waals surface area (Å²) in [5, 5.41) is -0.295. The van der Waals surface area contributed by atoms with Crippen molar-refractivity contribution in [3.05, 3.63) is 16.5 Å². The number of thioether (sulfide) groups is 1. The van der Waals surface area contributed by atoms with Gasteiger partial charge in [0.05, 0.1) is 11.4 Å². The van der Waals surface area contributed by atoms with Crippen molar-refractivity contribution in [3.63, 3.8) is 0 Å². The summed E-state index contributed by atoms with van der Waals surface area (Å²) < 4.78 is 24.5. The molecule has 0 aliphatic carbocycles. The van der Waals surface area contributed by atoms with Gasteiger partial charge in [-0.3, -0.25) is 0 Å². The molecule has 1 saturated heterocycles. The average molecular weight is 336 g/mol. The van der Waals surface area contributed by atoms with Crippen LogP contribution in [0.5, 0.6) is 0 Å². The van der Waals surface area contributed by atoms with E-state index in [2.05, 4.69) is 9.97 Å². The largest absolute Gasteiger partial charge is 0.336 e. The Morgan fingerprint density at radius 1 is 1.35 bits per heavy atom. The van der Waals surface area contributed by atoms with Gasteiger partial charge in [0.25, 0.3) is 0 Å². The molecule has 1 unspecified atom stereocenters. The second-order valence-corrected chi connectivity index (χ2v) is 8.64. The molecule has 1 aromatic heterocycles. The van der Waals surface area contributed by atoms with E-state index in [0.717, 1.165) is 17.1 Å². The molecule has 0 saturated carbocycles. The van der Waals surface area contributed by atoms with Crippen LogP contribution in [-0.2, 0) is 9.84 Å². The molecule has 1 fully saturated rings. The number of anilines is 1. The highest BCUT2D eigenvalue weighted by Crippen LogP contribution is 2.30. The van der Waals surface area contributed by atoms with Gasteiger partial charge in [0.1, 0.15) is 5.37 Å². The van der Waals surface area contributed by atoms with Crippen molar-refractivity contribution < 1.29 is 8.42 Å². The third-order valence-corrected chi connectivity index (χ3v) is 6.96. The summed E-state index contributed by atoms with van der Waals surface area (Å²) in [5.41, 5.74) is 1.54. The molecule has 112 valence electrons. The number of rotatable bonds is 3. The van der Waals surface area contributed by atoms with Crippen LogP contribution in [0.3, 0.4) is 0 Å². The van der Waals surface area contributed by atoms with Crippen molar-refractivity contribution in [2.24, 2.45) is 0 Å². The van der Waals surface area contributed by atoms with Crippen LogP contribution in [0.15, 0.2) is 0 Å². The number of hydrogen-bond donors (Lipinski definition) is 0. The fourth-order valence-electron chi connectivity index (χ4n) is 2.06. The minimum atomic E-state index is -3.18. The first-order valence-electron chi connectivity index (χ1n) is 6.43. The lowest BCUT2D eigenvalue weighted by Crippen LogP contribution is -2.48. The maximum absolute atomic E-state index is 12.3. The number of aromatic nitrogens is 2.